The lowest BCUT2D eigenvalue weighted by Crippen LogP contribution is -2.27. The van der Waals surface area contributed by atoms with Crippen LogP contribution in [0.4, 0.5) is 0 Å². The standard InChI is InChI=1S/C11H19N3O.2ClH/c1-9-10(2)15-11(13-9)8-14-6-3-4-12-5-7-14;;/h12H,3-8H2,1-2H3;2*1H. The molecule has 1 saturated heterocycles. The first-order chi connectivity index (χ1) is 7.25. The van der Waals surface area contributed by atoms with Gasteiger partial charge in [-0.2, -0.15) is 0 Å². The number of halogens is 2. The molecule has 1 aliphatic rings. The first-order valence-corrected chi connectivity index (χ1v) is 5.61. The Morgan fingerprint density at radius 2 is 2.00 bits per heavy atom. The number of aromatic nitrogens is 1. The van der Waals surface area contributed by atoms with Gasteiger partial charge in [-0.1, -0.05) is 0 Å². The first kappa shape index (κ1) is 16.7. The molecule has 2 rings (SSSR count). The Morgan fingerprint density at radius 3 is 2.65 bits per heavy atom. The lowest BCUT2D eigenvalue weighted by Gasteiger charge is -2.16. The van der Waals surface area contributed by atoms with Crippen LogP contribution in [0.3, 0.4) is 0 Å². The Balaban J connectivity index is 0.00000128. The Hall–Kier alpha value is -0.290. The minimum atomic E-state index is 0. The second-order valence-corrected chi connectivity index (χ2v) is 4.13. The smallest absolute Gasteiger partial charge is 0.208 e. The van der Waals surface area contributed by atoms with Crippen molar-refractivity contribution in [1.29, 1.82) is 0 Å². The molecule has 4 nitrogen and oxygen atoms in total. The van der Waals surface area contributed by atoms with Crippen molar-refractivity contribution in [2.75, 3.05) is 26.2 Å². The van der Waals surface area contributed by atoms with Gasteiger partial charge in [-0.25, -0.2) is 4.98 Å². The maximum atomic E-state index is 5.58. The van der Waals surface area contributed by atoms with E-state index in [0.717, 1.165) is 50.1 Å². The van der Waals surface area contributed by atoms with Crippen molar-refractivity contribution in [3.05, 3.63) is 17.3 Å². The molecule has 0 aromatic carbocycles. The van der Waals surface area contributed by atoms with E-state index >= 15 is 0 Å². The van der Waals surface area contributed by atoms with Crippen molar-refractivity contribution in [2.24, 2.45) is 0 Å². The number of hydrogen-bond acceptors (Lipinski definition) is 4. The second-order valence-electron chi connectivity index (χ2n) is 4.13. The zero-order valence-electron chi connectivity index (χ0n) is 10.4. The Bertz CT molecular complexity index is 303. The molecule has 2 heterocycles. The van der Waals surface area contributed by atoms with Crippen LogP contribution in [-0.2, 0) is 6.54 Å². The molecular weight excluding hydrogens is 261 g/mol. The average molecular weight is 282 g/mol. The van der Waals surface area contributed by atoms with Gasteiger partial charge in [0.05, 0.1) is 12.2 Å². The summed E-state index contributed by atoms with van der Waals surface area (Å²) in [5.74, 6) is 1.80. The summed E-state index contributed by atoms with van der Waals surface area (Å²) in [5.41, 5.74) is 1.01. The molecule has 0 spiro atoms. The molecule has 0 aliphatic carbocycles. The van der Waals surface area contributed by atoms with Crippen molar-refractivity contribution in [1.82, 2.24) is 15.2 Å². The molecule has 1 fully saturated rings. The monoisotopic (exact) mass is 281 g/mol. The molecule has 1 aromatic heterocycles. The first-order valence-electron chi connectivity index (χ1n) is 5.61. The van der Waals surface area contributed by atoms with Gasteiger partial charge in [-0.3, -0.25) is 4.90 Å². The van der Waals surface area contributed by atoms with Crippen LogP contribution >= 0.6 is 24.8 Å². The number of nitrogens with zero attached hydrogens (tertiary/aromatic N) is 2. The summed E-state index contributed by atoms with van der Waals surface area (Å²) in [6.45, 7) is 9.21. The van der Waals surface area contributed by atoms with E-state index in [1.165, 1.54) is 6.42 Å². The molecule has 0 unspecified atom stereocenters. The molecule has 0 atom stereocenters. The number of aryl methyl sites for hydroxylation is 2. The average Bonchev–Trinajstić information content (AvgIpc) is 2.45. The predicted octanol–water partition coefficient (Wildman–Crippen LogP) is 1.93. The molecule has 6 heteroatoms. The van der Waals surface area contributed by atoms with Crippen molar-refractivity contribution >= 4 is 24.8 Å². The topological polar surface area (TPSA) is 41.3 Å². The van der Waals surface area contributed by atoms with Gasteiger partial charge in [0.2, 0.25) is 5.89 Å². The van der Waals surface area contributed by atoms with Gasteiger partial charge in [0.1, 0.15) is 5.76 Å². The second kappa shape index (κ2) is 7.93. The molecule has 1 N–H and O–H groups in total. The molecular formula is C11H21Cl2N3O. The SMILES string of the molecule is Cc1nc(CN2CCCNCC2)oc1C.Cl.Cl. The minimum absolute atomic E-state index is 0. The van der Waals surface area contributed by atoms with Crippen LogP contribution < -0.4 is 5.32 Å². The molecule has 1 aromatic rings. The lowest BCUT2D eigenvalue weighted by molar-refractivity contribution is 0.252. The third kappa shape index (κ3) is 4.84. The van der Waals surface area contributed by atoms with Gasteiger partial charge in [0, 0.05) is 13.1 Å². The summed E-state index contributed by atoms with van der Waals surface area (Å²) in [5, 5.41) is 3.39. The maximum absolute atomic E-state index is 5.58. The molecule has 0 saturated carbocycles. The normalized spacial score (nSPS) is 16.8. The Labute approximate surface area is 115 Å². The number of nitrogens with one attached hydrogen (secondary N) is 1. The van der Waals surface area contributed by atoms with Crippen molar-refractivity contribution in [3.8, 4) is 0 Å². The third-order valence-corrected chi connectivity index (χ3v) is 2.86. The summed E-state index contributed by atoms with van der Waals surface area (Å²) in [6.07, 6.45) is 1.21. The third-order valence-electron chi connectivity index (χ3n) is 2.86. The fourth-order valence-corrected chi connectivity index (χ4v) is 1.86. The maximum Gasteiger partial charge on any atom is 0.208 e. The highest BCUT2D eigenvalue weighted by molar-refractivity contribution is 5.85. The van der Waals surface area contributed by atoms with Crippen LogP contribution in [0.5, 0.6) is 0 Å². The quantitative estimate of drug-likeness (QED) is 0.900. The number of oxazole rings is 1. The summed E-state index contributed by atoms with van der Waals surface area (Å²) in [6, 6.07) is 0. The van der Waals surface area contributed by atoms with Gasteiger partial charge in [0.25, 0.3) is 0 Å². The van der Waals surface area contributed by atoms with E-state index in [4.69, 9.17) is 4.42 Å². The minimum Gasteiger partial charge on any atom is -0.444 e. The molecule has 17 heavy (non-hydrogen) atoms. The fraction of sp³-hybridized carbons (Fsp3) is 0.727. The van der Waals surface area contributed by atoms with Crippen LogP contribution in [0.15, 0.2) is 4.42 Å². The van der Waals surface area contributed by atoms with Crippen molar-refractivity contribution < 1.29 is 4.42 Å². The van der Waals surface area contributed by atoms with Gasteiger partial charge in [-0.15, -0.1) is 24.8 Å². The Kier molecular flexibility index (Phi) is 7.79. The lowest BCUT2D eigenvalue weighted by atomic mass is 10.4. The fourth-order valence-electron chi connectivity index (χ4n) is 1.86. The summed E-state index contributed by atoms with van der Waals surface area (Å²) >= 11 is 0. The van der Waals surface area contributed by atoms with Gasteiger partial charge < -0.3 is 9.73 Å². The Morgan fingerprint density at radius 1 is 1.24 bits per heavy atom. The van der Waals surface area contributed by atoms with Crippen molar-refractivity contribution in [3.63, 3.8) is 0 Å². The van der Waals surface area contributed by atoms with E-state index < -0.39 is 0 Å². The van der Waals surface area contributed by atoms with E-state index in [9.17, 15) is 0 Å². The highest BCUT2D eigenvalue weighted by atomic mass is 35.5. The summed E-state index contributed by atoms with van der Waals surface area (Å²) < 4.78 is 5.58. The number of rotatable bonds is 2. The van der Waals surface area contributed by atoms with Gasteiger partial charge >= 0.3 is 0 Å². The van der Waals surface area contributed by atoms with Crippen LogP contribution in [0, 0.1) is 13.8 Å². The highest BCUT2D eigenvalue weighted by Crippen LogP contribution is 2.11. The largest absolute Gasteiger partial charge is 0.444 e. The van der Waals surface area contributed by atoms with E-state index in [1.807, 2.05) is 13.8 Å². The van der Waals surface area contributed by atoms with E-state index in [-0.39, 0.29) is 24.8 Å². The van der Waals surface area contributed by atoms with E-state index in [2.05, 4.69) is 15.2 Å². The van der Waals surface area contributed by atoms with Crippen LogP contribution in [-0.4, -0.2) is 36.1 Å². The summed E-state index contributed by atoms with van der Waals surface area (Å²) in [7, 11) is 0. The van der Waals surface area contributed by atoms with Crippen LogP contribution in [0.25, 0.3) is 0 Å². The van der Waals surface area contributed by atoms with Crippen LogP contribution in [0.1, 0.15) is 23.8 Å². The molecule has 0 bridgehead atoms. The number of hydrogen-bond donors (Lipinski definition) is 1. The molecule has 1 aliphatic heterocycles. The van der Waals surface area contributed by atoms with Crippen LogP contribution in [0.2, 0.25) is 0 Å². The van der Waals surface area contributed by atoms with Gasteiger partial charge in [0.15, 0.2) is 0 Å². The van der Waals surface area contributed by atoms with E-state index in [0.29, 0.717) is 0 Å². The van der Waals surface area contributed by atoms with Gasteiger partial charge in [-0.05, 0) is 33.4 Å². The summed E-state index contributed by atoms with van der Waals surface area (Å²) in [4.78, 5) is 6.80. The van der Waals surface area contributed by atoms with E-state index in [1.54, 1.807) is 0 Å². The zero-order valence-corrected chi connectivity index (χ0v) is 12.0. The predicted molar refractivity (Wildman–Crippen MR) is 73.2 cm³/mol. The molecule has 100 valence electrons. The highest BCUT2D eigenvalue weighted by Gasteiger charge is 2.12. The zero-order chi connectivity index (χ0) is 10.7. The van der Waals surface area contributed by atoms with Crippen molar-refractivity contribution in [2.45, 2.75) is 26.8 Å². The molecule has 0 radical (unpaired) electrons. The molecule has 0 amide bonds.